The third-order valence-corrected chi connectivity index (χ3v) is 1.49. The van der Waals surface area contributed by atoms with Gasteiger partial charge in [-0.1, -0.05) is 30.3 Å². The lowest BCUT2D eigenvalue weighted by molar-refractivity contribution is -0.125. The standard InChI is InChI=1S/C10H9FO/c1-8(10(11)12)7-9-5-3-2-4-6-9/h2-7H,1H3. The molecule has 62 valence electrons. The topological polar surface area (TPSA) is 17.1 Å². The summed E-state index contributed by atoms with van der Waals surface area (Å²) in [4.78, 5) is 10.2. The zero-order valence-corrected chi connectivity index (χ0v) is 6.75. The third-order valence-electron chi connectivity index (χ3n) is 1.49. The molecule has 0 aromatic heterocycles. The van der Waals surface area contributed by atoms with Crippen LogP contribution in [0.4, 0.5) is 4.39 Å². The molecule has 0 aliphatic heterocycles. The van der Waals surface area contributed by atoms with E-state index in [1.807, 2.05) is 30.3 Å². The van der Waals surface area contributed by atoms with E-state index in [2.05, 4.69) is 0 Å². The predicted molar refractivity (Wildman–Crippen MR) is 46.2 cm³/mol. The van der Waals surface area contributed by atoms with Gasteiger partial charge in [0.1, 0.15) is 0 Å². The molecule has 0 aliphatic rings. The summed E-state index contributed by atoms with van der Waals surface area (Å²) in [6.45, 7) is 1.45. The van der Waals surface area contributed by atoms with Crippen molar-refractivity contribution in [3.05, 3.63) is 41.5 Å². The van der Waals surface area contributed by atoms with E-state index in [-0.39, 0.29) is 5.57 Å². The van der Waals surface area contributed by atoms with Crippen molar-refractivity contribution in [1.29, 1.82) is 0 Å². The molecule has 1 rings (SSSR count). The number of carbonyl (C=O) groups excluding carboxylic acids is 1. The van der Waals surface area contributed by atoms with E-state index in [0.29, 0.717) is 0 Å². The van der Waals surface area contributed by atoms with Crippen molar-refractivity contribution in [3.63, 3.8) is 0 Å². The fourth-order valence-electron chi connectivity index (χ4n) is 0.856. The third kappa shape index (κ3) is 2.31. The Balaban J connectivity index is 2.89. The molecule has 0 atom stereocenters. The summed E-state index contributed by atoms with van der Waals surface area (Å²) < 4.78 is 12.1. The first kappa shape index (κ1) is 8.65. The number of hydrogen-bond acceptors (Lipinski definition) is 1. The van der Waals surface area contributed by atoms with Crippen LogP contribution in [0.2, 0.25) is 0 Å². The van der Waals surface area contributed by atoms with Crippen LogP contribution in [-0.2, 0) is 4.79 Å². The molecule has 0 N–H and O–H groups in total. The lowest BCUT2D eigenvalue weighted by Crippen LogP contribution is -1.88. The lowest BCUT2D eigenvalue weighted by atomic mass is 10.1. The first-order chi connectivity index (χ1) is 5.70. The van der Waals surface area contributed by atoms with Crippen molar-refractivity contribution in [2.24, 2.45) is 0 Å². The lowest BCUT2D eigenvalue weighted by Gasteiger charge is -1.92. The molecule has 0 aliphatic carbocycles. The van der Waals surface area contributed by atoms with Crippen LogP contribution in [0.25, 0.3) is 6.08 Å². The van der Waals surface area contributed by atoms with Gasteiger partial charge in [0, 0.05) is 5.57 Å². The number of benzene rings is 1. The highest BCUT2D eigenvalue weighted by molar-refractivity contribution is 5.92. The van der Waals surface area contributed by atoms with Crippen LogP contribution in [0.1, 0.15) is 12.5 Å². The van der Waals surface area contributed by atoms with Gasteiger partial charge in [-0.25, -0.2) is 0 Å². The van der Waals surface area contributed by atoms with E-state index in [0.717, 1.165) is 5.56 Å². The Morgan fingerprint density at radius 3 is 2.42 bits per heavy atom. The van der Waals surface area contributed by atoms with Gasteiger partial charge >= 0.3 is 6.04 Å². The molecule has 1 nitrogen and oxygen atoms in total. The maximum absolute atomic E-state index is 12.1. The largest absolute Gasteiger partial charge is 0.327 e. The summed E-state index contributed by atoms with van der Waals surface area (Å²) in [5.41, 5.74) is 0.960. The van der Waals surface area contributed by atoms with Crippen LogP contribution >= 0.6 is 0 Å². The second kappa shape index (κ2) is 3.81. The maximum atomic E-state index is 12.1. The molecule has 12 heavy (non-hydrogen) atoms. The molecular formula is C10H9FO. The Morgan fingerprint density at radius 2 is 1.92 bits per heavy atom. The molecule has 0 unspecified atom stereocenters. The molecular weight excluding hydrogens is 155 g/mol. The van der Waals surface area contributed by atoms with Gasteiger partial charge in [-0.2, -0.15) is 4.39 Å². The van der Waals surface area contributed by atoms with Gasteiger partial charge < -0.3 is 0 Å². The highest BCUT2D eigenvalue weighted by atomic mass is 19.1. The summed E-state index contributed by atoms with van der Waals surface area (Å²) in [6.07, 6.45) is 1.52. The number of carbonyl (C=O) groups is 1. The Hall–Kier alpha value is -1.44. The zero-order valence-electron chi connectivity index (χ0n) is 6.75. The van der Waals surface area contributed by atoms with Crippen LogP contribution in [0, 0.1) is 0 Å². The van der Waals surface area contributed by atoms with Crippen LogP contribution < -0.4 is 0 Å². The minimum atomic E-state index is -1.38. The Kier molecular flexibility index (Phi) is 2.75. The Labute approximate surface area is 70.5 Å². The molecule has 0 saturated heterocycles. The Morgan fingerprint density at radius 1 is 1.33 bits per heavy atom. The number of halogens is 1. The first-order valence-electron chi connectivity index (χ1n) is 3.63. The minimum absolute atomic E-state index is 0.126. The SMILES string of the molecule is CC(=Cc1ccccc1)C(=O)F. The molecule has 2 heteroatoms. The number of hydrogen-bond donors (Lipinski definition) is 0. The molecule has 0 spiro atoms. The molecule has 0 radical (unpaired) electrons. The summed E-state index contributed by atoms with van der Waals surface area (Å²) in [5.74, 6) is 0. The minimum Gasteiger partial charge on any atom is -0.256 e. The van der Waals surface area contributed by atoms with Crippen molar-refractivity contribution < 1.29 is 9.18 Å². The summed E-state index contributed by atoms with van der Waals surface area (Å²) in [7, 11) is 0. The van der Waals surface area contributed by atoms with Crippen molar-refractivity contribution >= 4 is 12.1 Å². The van der Waals surface area contributed by atoms with Crippen molar-refractivity contribution in [1.82, 2.24) is 0 Å². The predicted octanol–water partition coefficient (Wildman–Crippen LogP) is 2.59. The van der Waals surface area contributed by atoms with Crippen LogP contribution in [0.5, 0.6) is 0 Å². The maximum Gasteiger partial charge on any atom is 0.327 e. The van der Waals surface area contributed by atoms with Gasteiger partial charge in [-0.15, -0.1) is 0 Å². The molecule has 0 fully saturated rings. The van der Waals surface area contributed by atoms with E-state index in [9.17, 15) is 9.18 Å². The smallest absolute Gasteiger partial charge is 0.256 e. The second-order valence-corrected chi connectivity index (χ2v) is 2.51. The van der Waals surface area contributed by atoms with Crippen LogP contribution in [0.3, 0.4) is 0 Å². The van der Waals surface area contributed by atoms with Crippen LogP contribution in [-0.4, -0.2) is 6.04 Å². The summed E-state index contributed by atoms with van der Waals surface area (Å²) in [6, 6.07) is 7.78. The van der Waals surface area contributed by atoms with Crippen molar-refractivity contribution in [2.75, 3.05) is 0 Å². The highest BCUT2D eigenvalue weighted by Crippen LogP contribution is 2.06. The van der Waals surface area contributed by atoms with E-state index in [1.54, 1.807) is 0 Å². The van der Waals surface area contributed by atoms with Crippen molar-refractivity contribution in [2.45, 2.75) is 6.92 Å². The highest BCUT2D eigenvalue weighted by Gasteiger charge is 1.99. The molecule has 0 amide bonds. The first-order valence-corrected chi connectivity index (χ1v) is 3.63. The zero-order chi connectivity index (χ0) is 8.97. The molecule has 1 aromatic carbocycles. The summed E-state index contributed by atoms with van der Waals surface area (Å²) >= 11 is 0. The van der Waals surface area contributed by atoms with Gasteiger partial charge in [-0.05, 0) is 18.6 Å². The fraction of sp³-hybridized carbons (Fsp3) is 0.100. The summed E-state index contributed by atoms with van der Waals surface area (Å²) in [5, 5.41) is 0. The molecule has 0 heterocycles. The quantitative estimate of drug-likeness (QED) is 0.485. The van der Waals surface area contributed by atoms with Gasteiger partial charge in [0.2, 0.25) is 0 Å². The van der Waals surface area contributed by atoms with Crippen LogP contribution in [0.15, 0.2) is 35.9 Å². The monoisotopic (exact) mass is 164 g/mol. The Bertz CT molecular complexity index is 301. The number of allylic oxidation sites excluding steroid dienone is 1. The van der Waals surface area contributed by atoms with E-state index in [4.69, 9.17) is 0 Å². The fourth-order valence-corrected chi connectivity index (χ4v) is 0.856. The molecule has 1 aromatic rings. The van der Waals surface area contributed by atoms with Gasteiger partial charge in [0.15, 0.2) is 0 Å². The van der Waals surface area contributed by atoms with Gasteiger partial charge in [-0.3, -0.25) is 4.79 Å². The van der Waals surface area contributed by atoms with E-state index >= 15 is 0 Å². The molecule has 0 saturated carbocycles. The molecule has 0 bridgehead atoms. The van der Waals surface area contributed by atoms with E-state index < -0.39 is 6.04 Å². The second-order valence-electron chi connectivity index (χ2n) is 2.51. The van der Waals surface area contributed by atoms with Gasteiger partial charge in [0.25, 0.3) is 0 Å². The average Bonchev–Trinajstić information content (AvgIpc) is 2.06. The normalized spacial score (nSPS) is 11.3. The average molecular weight is 164 g/mol. The van der Waals surface area contributed by atoms with E-state index in [1.165, 1.54) is 13.0 Å². The van der Waals surface area contributed by atoms with Crippen molar-refractivity contribution in [3.8, 4) is 0 Å². The number of rotatable bonds is 2. The van der Waals surface area contributed by atoms with Gasteiger partial charge in [0.05, 0.1) is 0 Å².